The molecule has 1 heterocycles. The van der Waals surface area contributed by atoms with Gasteiger partial charge in [-0.15, -0.1) is 0 Å². The van der Waals surface area contributed by atoms with Crippen LogP contribution in [0.1, 0.15) is 19.3 Å². The molecule has 0 spiro atoms. The van der Waals surface area contributed by atoms with Crippen molar-refractivity contribution in [2.75, 3.05) is 19.7 Å². The highest BCUT2D eigenvalue weighted by Crippen LogP contribution is 2.11. The second kappa shape index (κ2) is 7.09. The van der Waals surface area contributed by atoms with Gasteiger partial charge in [-0.2, -0.15) is 0 Å². The Bertz CT molecular complexity index is 402. The van der Waals surface area contributed by atoms with E-state index >= 15 is 0 Å². The Labute approximate surface area is 112 Å². The Balaban J connectivity index is 1.58. The van der Waals surface area contributed by atoms with Crippen LogP contribution < -0.4 is 15.4 Å². The summed E-state index contributed by atoms with van der Waals surface area (Å²) < 4.78 is 18.1. The van der Waals surface area contributed by atoms with Crippen molar-refractivity contribution < 1.29 is 13.9 Å². The van der Waals surface area contributed by atoms with E-state index in [-0.39, 0.29) is 17.8 Å². The number of rotatable bonds is 6. The second-order valence-corrected chi connectivity index (χ2v) is 4.66. The molecule has 1 aliphatic rings. The van der Waals surface area contributed by atoms with E-state index < -0.39 is 0 Å². The molecule has 1 saturated heterocycles. The van der Waals surface area contributed by atoms with Gasteiger partial charge in [0, 0.05) is 19.0 Å². The summed E-state index contributed by atoms with van der Waals surface area (Å²) in [6.45, 7) is 2.29. The quantitative estimate of drug-likeness (QED) is 0.766. The zero-order valence-electron chi connectivity index (χ0n) is 10.8. The van der Waals surface area contributed by atoms with Crippen molar-refractivity contribution in [3.63, 3.8) is 0 Å². The molecule has 1 aliphatic heterocycles. The number of carbonyl (C=O) groups is 1. The van der Waals surface area contributed by atoms with Crippen LogP contribution in [-0.2, 0) is 4.79 Å². The lowest BCUT2D eigenvalue weighted by Crippen LogP contribution is -2.36. The Morgan fingerprint density at radius 2 is 2.21 bits per heavy atom. The highest BCUT2D eigenvalue weighted by Gasteiger charge is 2.15. The Morgan fingerprint density at radius 1 is 1.42 bits per heavy atom. The van der Waals surface area contributed by atoms with E-state index in [1.54, 1.807) is 12.1 Å². The Kier molecular flexibility index (Phi) is 5.15. The van der Waals surface area contributed by atoms with Crippen LogP contribution in [0, 0.1) is 5.82 Å². The average Bonchev–Trinajstić information content (AvgIpc) is 2.89. The van der Waals surface area contributed by atoms with E-state index in [4.69, 9.17) is 4.74 Å². The molecule has 1 aromatic carbocycles. The number of halogens is 1. The molecule has 0 radical (unpaired) electrons. The first-order chi connectivity index (χ1) is 9.24. The largest absolute Gasteiger partial charge is 0.494 e. The summed E-state index contributed by atoms with van der Waals surface area (Å²) in [5.74, 6) is 0.412. The fourth-order valence-electron chi connectivity index (χ4n) is 2.03. The highest BCUT2D eigenvalue weighted by atomic mass is 19.1. The first-order valence-electron chi connectivity index (χ1n) is 6.62. The lowest BCUT2D eigenvalue weighted by molar-refractivity contribution is -0.121. The Morgan fingerprint density at radius 3 is 2.89 bits per heavy atom. The van der Waals surface area contributed by atoms with Gasteiger partial charge in [-0.05, 0) is 43.7 Å². The lowest BCUT2D eigenvalue weighted by Gasteiger charge is -2.11. The van der Waals surface area contributed by atoms with Crippen LogP contribution >= 0.6 is 0 Å². The molecule has 104 valence electrons. The monoisotopic (exact) mass is 266 g/mol. The van der Waals surface area contributed by atoms with Gasteiger partial charge >= 0.3 is 0 Å². The molecular weight excluding hydrogens is 247 g/mol. The van der Waals surface area contributed by atoms with E-state index in [0.29, 0.717) is 25.2 Å². The summed E-state index contributed by atoms with van der Waals surface area (Å²) in [5.41, 5.74) is 0. The first-order valence-corrected chi connectivity index (χ1v) is 6.62. The smallest absolute Gasteiger partial charge is 0.220 e. The van der Waals surface area contributed by atoms with Gasteiger partial charge in [-0.25, -0.2) is 4.39 Å². The van der Waals surface area contributed by atoms with E-state index in [1.165, 1.54) is 12.1 Å². The van der Waals surface area contributed by atoms with Gasteiger partial charge in [0.1, 0.15) is 11.6 Å². The van der Waals surface area contributed by atoms with Gasteiger partial charge in [-0.1, -0.05) is 0 Å². The molecule has 1 atom stereocenters. The van der Waals surface area contributed by atoms with Crippen LogP contribution in [0.25, 0.3) is 0 Å². The molecular formula is C14H19FN2O2. The fourth-order valence-corrected chi connectivity index (χ4v) is 2.03. The zero-order chi connectivity index (χ0) is 13.5. The van der Waals surface area contributed by atoms with Crippen molar-refractivity contribution >= 4 is 5.91 Å². The minimum absolute atomic E-state index is 0.0661. The molecule has 0 aliphatic carbocycles. The molecule has 1 aromatic rings. The second-order valence-electron chi connectivity index (χ2n) is 4.66. The summed E-state index contributed by atoms with van der Waals surface area (Å²) in [7, 11) is 0. The zero-order valence-corrected chi connectivity index (χ0v) is 10.8. The van der Waals surface area contributed by atoms with Crippen LogP contribution in [0.5, 0.6) is 5.75 Å². The standard InChI is InChI=1S/C14H19FN2O2/c15-11-3-5-13(6-4-11)19-9-1-2-14(18)17-12-7-8-16-10-12/h3-6,12,16H,1-2,7-10H2,(H,17,18). The van der Waals surface area contributed by atoms with Crippen LogP contribution in [-0.4, -0.2) is 31.6 Å². The predicted molar refractivity (Wildman–Crippen MR) is 70.5 cm³/mol. The third-order valence-corrected chi connectivity index (χ3v) is 3.06. The van der Waals surface area contributed by atoms with Gasteiger partial charge in [-0.3, -0.25) is 4.79 Å². The van der Waals surface area contributed by atoms with Crippen molar-refractivity contribution in [1.29, 1.82) is 0 Å². The van der Waals surface area contributed by atoms with Gasteiger partial charge in [0.2, 0.25) is 5.91 Å². The molecule has 2 rings (SSSR count). The summed E-state index contributed by atoms with van der Waals surface area (Å²) in [6, 6.07) is 6.15. The molecule has 4 nitrogen and oxygen atoms in total. The van der Waals surface area contributed by atoms with Gasteiger partial charge in [0.05, 0.1) is 6.61 Å². The van der Waals surface area contributed by atoms with Gasteiger partial charge < -0.3 is 15.4 Å². The minimum atomic E-state index is -0.281. The maximum absolute atomic E-state index is 12.7. The number of hydrogen-bond donors (Lipinski definition) is 2. The number of ether oxygens (including phenoxy) is 1. The minimum Gasteiger partial charge on any atom is -0.494 e. The van der Waals surface area contributed by atoms with Crippen LogP contribution in [0.2, 0.25) is 0 Å². The molecule has 1 fully saturated rings. The van der Waals surface area contributed by atoms with Gasteiger partial charge in [0.25, 0.3) is 0 Å². The maximum atomic E-state index is 12.7. The lowest BCUT2D eigenvalue weighted by atomic mass is 10.2. The van der Waals surface area contributed by atoms with Crippen LogP contribution in [0.3, 0.4) is 0 Å². The molecule has 5 heteroatoms. The number of amides is 1. The van der Waals surface area contributed by atoms with Crippen molar-refractivity contribution in [3.8, 4) is 5.75 Å². The third kappa shape index (κ3) is 4.87. The van der Waals surface area contributed by atoms with Crippen LogP contribution in [0.4, 0.5) is 4.39 Å². The molecule has 0 saturated carbocycles. The van der Waals surface area contributed by atoms with Crippen molar-refractivity contribution in [2.24, 2.45) is 0 Å². The first kappa shape index (κ1) is 13.8. The Hall–Kier alpha value is -1.62. The molecule has 1 amide bonds. The highest BCUT2D eigenvalue weighted by molar-refractivity contribution is 5.76. The molecule has 0 aromatic heterocycles. The molecule has 1 unspecified atom stereocenters. The van der Waals surface area contributed by atoms with Crippen molar-refractivity contribution in [1.82, 2.24) is 10.6 Å². The SMILES string of the molecule is O=C(CCCOc1ccc(F)cc1)NC1CCNC1. The maximum Gasteiger partial charge on any atom is 0.220 e. The number of carbonyl (C=O) groups excluding carboxylic acids is 1. The number of benzene rings is 1. The van der Waals surface area contributed by atoms with E-state index in [0.717, 1.165) is 19.5 Å². The summed E-state index contributed by atoms with van der Waals surface area (Å²) in [4.78, 5) is 11.6. The van der Waals surface area contributed by atoms with Crippen molar-refractivity contribution in [3.05, 3.63) is 30.1 Å². The fraction of sp³-hybridized carbons (Fsp3) is 0.500. The van der Waals surface area contributed by atoms with Crippen LogP contribution in [0.15, 0.2) is 24.3 Å². The topological polar surface area (TPSA) is 50.4 Å². The van der Waals surface area contributed by atoms with E-state index in [1.807, 2.05) is 0 Å². The summed E-state index contributed by atoms with van der Waals surface area (Å²) >= 11 is 0. The normalized spacial score (nSPS) is 18.3. The summed E-state index contributed by atoms with van der Waals surface area (Å²) in [5, 5.41) is 6.18. The van der Waals surface area contributed by atoms with E-state index in [9.17, 15) is 9.18 Å². The summed E-state index contributed by atoms with van der Waals surface area (Å²) in [6.07, 6.45) is 2.11. The van der Waals surface area contributed by atoms with Gasteiger partial charge in [0.15, 0.2) is 0 Å². The number of hydrogen-bond acceptors (Lipinski definition) is 3. The molecule has 0 bridgehead atoms. The predicted octanol–water partition coefficient (Wildman–Crippen LogP) is 1.46. The molecule has 2 N–H and O–H groups in total. The third-order valence-electron chi connectivity index (χ3n) is 3.06. The average molecular weight is 266 g/mol. The number of nitrogens with one attached hydrogen (secondary N) is 2. The van der Waals surface area contributed by atoms with E-state index in [2.05, 4.69) is 10.6 Å². The van der Waals surface area contributed by atoms with Crippen molar-refractivity contribution in [2.45, 2.75) is 25.3 Å². The molecule has 19 heavy (non-hydrogen) atoms.